The summed E-state index contributed by atoms with van der Waals surface area (Å²) in [6.07, 6.45) is 13.3. The first-order chi connectivity index (χ1) is 9.62. The van der Waals surface area contributed by atoms with Gasteiger partial charge in [0.05, 0.1) is 0 Å². The third kappa shape index (κ3) is 4.32. The van der Waals surface area contributed by atoms with Crippen LogP contribution in [-0.4, -0.2) is 42.2 Å². The van der Waals surface area contributed by atoms with Crippen LogP contribution in [0.4, 0.5) is 0 Å². The normalized spacial score (nSPS) is 23.6. The van der Waals surface area contributed by atoms with Crippen LogP contribution in [0.3, 0.4) is 0 Å². The Morgan fingerprint density at radius 1 is 1.05 bits per heavy atom. The molecule has 0 amide bonds. The second-order valence-corrected chi connectivity index (χ2v) is 7.25. The Hall–Kier alpha value is -0.350. The molecule has 2 fully saturated rings. The number of nitrogens with one attached hydrogen (secondary N) is 2. The minimum absolute atomic E-state index is 0.302. The minimum Gasteiger partial charge on any atom is -0.361 e. The van der Waals surface area contributed by atoms with Crippen LogP contribution >= 0.6 is 12.2 Å². The molecule has 4 heteroatoms. The number of hydrogen-bond donors (Lipinski definition) is 2. The molecule has 0 aliphatic heterocycles. The summed E-state index contributed by atoms with van der Waals surface area (Å²) < 4.78 is 0. The Balaban J connectivity index is 1.78. The molecule has 116 valence electrons. The highest BCUT2D eigenvalue weighted by Crippen LogP contribution is 2.31. The molecule has 0 aromatic carbocycles. The molecule has 0 aromatic rings. The largest absolute Gasteiger partial charge is 0.361 e. The predicted octanol–water partition coefficient (Wildman–Crippen LogP) is 3.05. The third-order valence-corrected chi connectivity index (χ3v) is 5.51. The fourth-order valence-electron chi connectivity index (χ4n) is 3.72. The zero-order valence-electron chi connectivity index (χ0n) is 13.2. The Kier molecular flexibility index (Phi) is 6.09. The van der Waals surface area contributed by atoms with Crippen LogP contribution < -0.4 is 10.6 Å². The highest BCUT2D eigenvalue weighted by Gasteiger charge is 2.34. The van der Waals surface area contributed by atoms with Gasteiger partial charge < -0.3 is 15.5 Å². The van der Waals surface area contributed by atoms with Gasteiger partial charge in [-0.05, 0) is 52.0 Å². The van der Waals surface area contributed by atoms with E-state index in [1.54, 1.807) is 0 Å². The van der Waals surface area contributed by atoms with Crippen molar-refractivity contribution in [3.8, 4) is 0 Å². The second-order valence-electron chi connectivity index (χ2n) is 6.84. The molecule has 0 aromatic heterocycles. The summed E-state index contributed by atoms with van der Waals surface area (Å²) in [5.41, 5.74) is 0.302. The maximum Gasteiger partial charge on any atom is 0.166 e. The minimum atomic E-state index is 0.302. The summed E-state index contributed by atoms with van der Waals surface area (Å²) >= 11 is 5.50. The van der Waals surface area contributed by atoms with Crippen LogP contribution in [0.5, 0.6) is 0 Å². The molecule has 0 heterocycles. The molecule has 0 atom stereocenters. The number of hydrogen-bond acceptors (Lipinski definition) is 2. The van der Waals surface area contributed by atoms with Crippen molar-refractivity contribution in [2.24, 2.45) is 0 Å². The Morgan fingerprint density at radius 3 is 2.25 bits per heavy atom. The lowest BCUT2D eigenvalue weighted by Gasteiger charge is -2.43. The quantitative estimate of drug-likeness (QED) is 0.780. The van der Waals surface area contributed by atoms with Crippen molar-refractivity contribution in [2.45, 2.75) is 75.8 Å². The number of rotatable bonds is 4. The van der Waals surface area contributed by atoms with Gasteiger partial charge in [-0.15, -0.1) is 0 Å². The van der Waals surface area contributed by atoms with Gasteiger partial charge in [0, 0.05) is 18.1 Å². The van der Waals surface area contributed by atoms with Gasteiger partial charge in [-0.2, -0.15) is 0 Å². The summed E-state index contributed by atoms with van der Waals surface area (Å²) in [5, 5.41) is 7.88. The van der Waals surface area contributed by atoms with Gasteiger partial charge in [-0.3, -0.25) is 0 Å². The van der Waals surface area contributed by atoms with Gasteiger partial charge in [-0.1, -0.05) is 38.5 Å². The van der Waals surface area contributed by atoms with Gasteiger partial charge >= 0.3 is 0 Å². The molecule has 0 radical (unpaired) electrons. The summed E-state index contributed by atoms with van der Waals surface area (Å²) in [6.45, 7) is 0.985. The molecule has 0 spiro atoms. The molecule has 0 bridgehead atoms. The monoisotopic (exact) mass is 297 g/mol. The van der Waals surface area contributed by atoms with Crippen molar-refractivity contribution in [2.75, 3.05) is 20.6 Å². The molecular weight excluding hydrogens is 266 g/mol. The zero-order chi connectivity index (χ0) is 14.4. The lowest BCUT2D eigenvalue weighted by atomic mass is 9.80. The standard InChI is InChI=1S/C16H31N3S/c1-19(2)16(11-7-4-8-12-16)13-17-15(20)18-14-9-5-3-6-10-14/h14H,3-13H2,1-2H3,(H2,17,18,20). The first-order valence-corrected chi connectivity index (χ1v) is 8.75. The van der Waals surface area contributed by atoms with Crippen molar-refractivity contribution in [1.82, 2.24) is 15.5 Å². The van der Waals surface area contributed by atoms with Crippen molar-refractivity contribution in [1.29, 1.82) is 0 Å². The number of nitrogens with zero attached hydrogens (tertiary/aromatic N) is 1. The molecule has 20 heavy (non-hydrogen) atoms. The summed E-state index contributed by atoms with van der Waals surface area (Å²) in [6, 6.07) is 0.602. The smallest absolute Gasteiger partial charge is 0.166 e. The molecule has 0 saturated heterocycles. The van der Waals surface area contributed by atoms with E-state index in [0.29, 0.717) is 11.6 Å². The van der Waals surface area contributed by atoms with E-state index < -0.39 is 0 Å². The highest BCUT2D eigenvalue weighted by atomic mass is 32.1. The van der Waals surface area contributed by atoms with Gasteiger partial charge in [0.1, 0.15) is 0 Å². The first kappa shape index (κ1) is 16.0. The van der Waals surface area contributed by atoms with Gasteiger partial charge in [0.15, 0.2) is 5.11 Å². The Labute approximate surface area is 129 Å². The van der Waals surface area contributed by atoms with Crippen LogP contribution in [0.25, 0.3) is 0 Å². The molecule has 3 nitrogen and oxygen atoms in total. The van der Waals surface area contributed by atoms with E-state index in [4.69, 9.17) is 12.2 Å². The SMILES string of the molecule is CN(C)C1(CNC(=S)NC2CCCCC2)CCCCC1. The lowest BCUT2D eigenvalue weighted by Crippen LogP contribution is -2.55. The van der Waals surface area contributed by atoms with E-state index in [-0.39, 0.29) is 0 Å². The van der Waals surface area contributed by atoms with Crippen LogP contribution in [0, 0.1) is 0 Å². The second kappa shape index (κ2) is 7.60. The predicted molar refractivity (Wildman–Crippen MR) is 90.1 cm³/mol. The summed E-state index contributed by atoms with van der Waals surface area (Å²) in [5.74, 6) is 0. The molecule has 2 aliphatic rings. The fraction of sp³-hybridized carbons (Fsp3) is 0.938. The Morgan fingerprint density at radius 2 is 1.65 bits per heavy atom. The van der Waals surface area contributed by atoms with Crippen molar-refractivity contribution < 1.29 is 0 Å². The third-order valence-electron chi connectivity index (χ3n) is 5.25. The van der Waals surface area contributed by atoms with E-state index in [9.17, 15) is 0 Å². The van der Waals surface area contributed by atoms with E-state index in [0.717, 1.165) is 11.7 Å². The van der Waals surface area contributed by atoms with Gasteiger partial charge in [-0.25, -0.2) is 0 Å². The van der Waals surface area contributed by atoms with Crippen LogP contribution in [-0.2, 0) is 0 Å². The van der Waals surface area contributed by atoms with E-state index >= 15 is 0 Å². The van der Waals surface area contributed by atoms with Crippen LogP contribution in [0.1, 0.15) is 64.2 Å². The molecule has 2 saturated carbocycles. The molecule has 2 N–H and O–H groups in total. The van der Waals surface area contributed by atoms with Crippen molar-refractivity contribution in [3.05, 3.63) is 0 Å². The van der Waals surface area contributed by atoms with Gasteiger partial charge in [0.25, 0.3) is 0 Å². The number of thiocarbonyl (C=S) groups is 1. The van der Waals surface area contributed by atoms with Crippen molar-refractivity contribution in [3.63, 3.8) is 0 Å². The average molecular weight is 298 g/mol. The summed E-state index contributed by atoms with van der Waals surface area (Å²) in [4.78, 5) is 2.41. The first-order valence-electron chi connectivity index (χ1n) is 8.34. The maximum atomic E-state index is 5.50. The molecule has 0 unspecified atom stereocenters. The van der Waals surface area contributed by atoms with Gasteiger partial charge in [0.2, 0.25) is 0 Å². The fourth-order valence-corrected chi connectivity index (χ4v) is 3.96. The molecule has 2 aliphatic carbocycles. The van der Waals surface area contributed by atoms with E-state index in [2.05, 4.69) is 29.6 Å². The lowest BCUT2D eigenvalue weighted by molar-refractivity contribution is 0.104. The van der Waals surface area contributed by atoms with Crippen molar-refractivity contribution >= 4 is 17.3 Å². The van der Waals surface area contributed by atoms with Crippen LogP contribution in [0.2, 0.25) is 0 Å². The van der Waals surface area contributed by atoms with E-state index in [1.807, 2.05) is 0 Å². The Bertz CT molecular complexity index is 305. The topological polar surface area (TPSA) is 27.3 Å². The highest BCUT2D eigenvalue weighted by molar-refractivity contribution is 7.80. The van der Waals surface area contributed by atoms with Crippen LogP contribution in [0.15, 0.2) is 0 Å². The maximum absolute atomic E-state index is 5.50. The summed E-state index contributed by atoms with van der Waals surface area (Å²) in [7, 11) is 4.43. The molecule has 2 rings (SSSR count). The zero-order valence-corrected chi connectivity index (χ0v) is 14.0. The number of likely N-dealkylation sites (N-methyl/N-ethyl adjacent to an activating group) is 1. The molecular formula is C16H31N3S. The van der Waals surface area contributed by atoms with E-state index in [1.165, 1.54) is 64.2 Å². The average Bonchev–Trinajstić information content (AvgIpc) is 2.47.